The average Bonchev–Trinajstić information content (AvgIpc) is 3.33. The van der Waals surface area contributed by atoms with Crippen molar-refractivity contribution in [2.24, 2.45) is 5.92 Å². The second-order valence-electron chi connectivity index (χ2n) is 8.27. The molecule has 164 valence electrons. The number of hydrogen-bond acceptors (Lipinski definition) is 4. The van der Waals surface area contributed by atoms with Crippen molar-refractivity contribution in [3.63, 3.8) is 0 Å². The van der Waals surface area contributed by atoms with Gasteiger partial charge in [0.15, 0.2) is 0 Å². The normalized spacial score (nSPS) is 19.4. The number of methoxy groups -OCH3 is 2. The van der Waals surface area contributed by atoms with Crippen LogP contribution in [0.3, 0.4) is 0 Å². The maximum absolute atomic E-state index is 13.3. The monoisotopic (exact) mass is 422 g/mol. The van der Waals surface area contributed by atoms with Crippen LogP contribution in [-0.4, -0.2) is 55.5 Å². The Balaban J connectivity index is 1.39. The lowest BCUT2D eigenvalue weighted by Crippen LogP contribution is -2.44. The molecule has 0 aliphatic carbocycles. The van der Waals surface area contributed by atoms with E-state index < -0.39 is 0 Å². The zero-order valence-electron chi connectivity index (χ0n) is 18.3. The first-order valence-corrected chi connectivity index (χ1v) is 11.0. The number of piperidine rings is 1. The van der Waals surface area contributed by atoms with Gasteiger partial charge in [-0.15, -0.1) is 0 Å². The van der Waals surface area contributed by atoms with Gasteiger partial charge in [0.2, 0.25) is 5.91 Å². The van der Waals surface area contributed by atoms with Gasteiger partial charge in [0, 0.05) is 37.2 Å². The fourth-order valence-electron chi connectivity index (χ4n) is 4.73. The molecule has 0 radical (unpaired) electrons. The van der Waals surface area contributed by atoms with Crippen LogP contribution < -0.4 is 9.47 Å². The van der Waals surface area contributed by atoms with E-state index >= 15 is 0 Å². The van der Waals surface area contributed by atoms with E-state index in [0.717, 1.165) is 19.4 Å². The Labute approximate surface area is 183 Å². The lowest BCUT2D eigenvalue weighted by Gasteiger charge is -2.35. The molecule has 1 unspecified atom stereocenters. The average molecular weight is 423 g/mol. The van der Waals surface area contributed by atoms with Crippen LogP contribution in [0, 0.1) is 5.92 Å². The number of amides is 2. The van der Waals surface area contributed by atoms with E-state index in [4.69, 9.17) is 9.47 Å². The molecule has 4 rings (SSSR count). The third-order valence-corrected chi connectivity index (χ3v) is 6.45. The highest BCUT2D eigenvalue weighted by Crippen LogP contribution is 2.35. The second kappa shape index (κ2) is 9.41. The minimum atomic E-state index is -0.0496. The predicted molar refractivity (Wildman–Crippen MR) is 118 cm³/mol. The Morgan fingerprint density at radius 1 is 0.871 bits per heavy atom. The highest BCUT2D eigenvalue weighted by Gasteiger charge is 2.36. The van der Waals surface area contributed by atoms with E-state index in [1.165, 1.54) is 5.56 Å². The van der Waals surface area contributed by atoms with E-state index in [2.05, 4.69) is 17.0 Å². The first-order valence-electron chi connectivity index (χ1n) is 11.0. The van der Waals surface area contributed by atoms with Crippen LogP contribution in [0.1, 0.15) is 47.6 Å². The molecule has 6 heteroatoms. The standard InChI is InChI=1S/C25H30N2O4/c1-30-21-15-20(16-22(17-21)31-2)24(28)26-13-10-19(11-14-26)25(29)27-12-6-9-23(27)18-7-4-3-5-8-18/h3-5,7-8,15-17,19,23H,6,9-14H2,1-2H3. The third kappa shape index (κ3) is 4.53. The maximum atomic E-state index is 13.3. The molecule has 0 bridgehead atoms. The summed E-state index contributed by atoms with van der Waals surface area (Å²) in [6, 6.07) is 15.7. The van der Waals surface area contributed by atoms with E-state index in [0.29, 0.717) is 43.0 Å². The lowest BCUT2D eigenvalue weighted by atomic mass is 9.93. The molecule has 0 spiro atoms. The van der Waals surface area contributed by atoms with Crippen molar-refractivity contribution < 1.29 is 19.1 Å². The molecule has 2 aromatic carbocycles. The van der Waals surface area contributed by atoms with Crippen LogP contribution in [0.15, 0.2) is 48.5 Å². The summed E-state index contributed by atoms with van der Waals surface area (Å²) in [6.45, 7) is 1.98. The minimum Gasteiger partial charge on any atom is -0.497 e. The lowest BCUT2D eigenvalue weighted by molar-refractivity contribution is -0.137. The summed E-state index contributed by atoms with van der Waals surface area (Å²) in [5.41, 5.74) is 1.76. The summed E-state index contributed by atoms with van der Waals surface area (Å²) in [7, 11) is 3.14. The highest BCUT2D eigenvalue weighted by atomic mass is 16.5. The maximum Gasteiger partial charge on any atom is 0.254 e. The Morgan fingerprint density at radius 3 is 2.13 bits per heavy atom. The highest BCUT2D eigenvalue weighted by molar-refractivity contribution is 5.95. The SMILES string of the molecule is COc1cc(OC)cc(C(=O)N2CCC(C(=O)N3CCCC3c3ccccc3)CC2)c1. The van der Waals surface area contributed by atoms with Crippen LogP contribution in [0.25, 0.3) is 0 Å². The van der Waals surface area contributed by atoms with Crippen molar-refractivity contribution in [1.29, 1.82) is 0 Å². The van der Waals surface area contributed by atoms with Gasteiger partial charge in [0.25, 0.3) is 5.91 Å². The zero-order chi connectivity index (χ0) is 21.8. The Morgan fingerprint density at radius 2 is 1.52 bits per heavy atom. The van der Waals surface area contributed by atoms with Gasteiger partial charge in [-0.25, -0.2) is 0 Å². The number of ether oxygens (including phenoxy) is 2. The molecule has 1 atom stereocenters. The van der Waals surface area contributed by atoms with E-state index in [1.807, 2.05) is 23.1 Å². The summed E-state index contributed by atoms with van der Waals surface area (Å²) in [6.07, 6.45) is 3.46. The topological polar surface area (TPSA) is 59.1 Å². The summed E-state index contributed by atoms with van der Waals surface area (Å²) in [5.74, 6) is 1.35. The molecule has 2 amide bonds. The Bertz CT molecular complexity index is 900. The summed E-state index contributed by atoms with van der Waals surface area (Å²) >= 11 is 0. The van der Waals surface area contributed by atoms with Gasteiger partial charge < -0.3 is 19.3 Å². The van der Waals surface area contributed by atoms with Gasteiger partial charge in [0.05, 0.1) is 20.3 Å². The summed E-state index contributed by atoms with van der Waals surface area (Å²) in [4.78, 5) is 30.2. The molecule has 0 N–H and O–H groups in total. The van der Waals surface area contributed by atoms with Crippen LogP contribution in [-0.2, 0) is 4.79 Å². The van der Waals surface area contributed by atoms with Crippen molar-refractivity contribution in [3.05, 3.63) is 59.7 Å². The second-order valence-corrected chi connectivity index (χ2v) is 8.27. The van der Waals surface area contributed by atoms with Crippen molar-refractivity contribution >= 4 is 11.8 Å². The molecule has 2 aliphatic rings. The molecule has 0 saturated carbocycles. The van der Waals surface area contributed by atoms with Crippen LogP contribution >= 0.6 is 0 Å². The molecular weight excluding hydrogens is 392 g/mol. The first-order chi connectivity index (χ1) is 15.1. The molecule has 6 nitrogen and oxygen atoms in total. The zero-order valence-corrected chi connectivity index (χ0v) is 18.3. The van der Waals surface area contributed by atoms with Gasteiger partial charge >= 0.3 is 0 Å². The number of benzene rings is 2. The third-order valence-electron chi connectivity index (χ3n) is 6.45. The number of carbonyl (C=O) groups is 2. The van der Waals surface area contributed by atoms with E-state index in [1.54, 1.807) is 32.4 Å². The van der Waals surface area contributed by atoms with Crippen molar-refractivity contribution in [2.75, 3.05) is 33.9 Å². The smallest absolute Gasteiger partial charge is 0.254 e. The molecule has 2 fully saturated rings. The van der Waals surface area contributed by atoms with Crippen LogP contribution in [0.5, 0.6) is 11.5 Å². The molecule has 2 aromatic rings. The van der Waals surface area contributed by atoms with Crippen molar-refractivity contribution in [2.45, 2.75) is 31.7 Å². The van der Waals surface area contributed by atoms with Gasteiger partial charge in [-0.05, 0) is 43.4 Å². The number of likely N-dealkylation sites (tertiary alicyclic amines) is 2. The van der Waals surface area contributed by atoms with E-state index in [-0.39, 0.29) is 23.8 Å². The van der Waals surface area contributed by atoms with Gasteiger partial charge in [-0.1, -0.05) is 30.3 Å². The number of rotatable bonds is 5. The quantitative estimate of drug-likeness (QED) is 0.733. The molecule has 2 saturated heterocycles. The van der Waals surface area contributed by atoms with Crippen molar-refractivity contribution in [3.8, 4) is 11.5 Å². The predicted octanol–water partition coefficient (Wildman–Crippen LogP) is 3.92. The largest absolute Gasteiger partial charge is 0.497 e. The number of carbonyl (C=O) groups excluding carboxylic acids is 2. The minimum absolute atomic E-state index is 0.0202. The van der Waals surface area contributed by atoms with Gasteiger partial charge in [-0.2, -0.15) is 0 Å². The van der Waals surface area contributed by atoms with Gasteiger partial charge in [0.1, 0.15) is 11.5 Å². The molecule has 31 heavy (non-hydrogen) atoms. The van der Waals surface area contributed by atoms with E-state index in [9.17, 15) is 9.59 Å². The van der Waals surface area contributed by atoms with Crippen LogP contribution in [0.2, 0.25) is 0 Å². The first kappa shape index (κ1) is 21.2. The fourth-order valence-corrected chi connectivity index (χ4v) is 4.73. The molecule has 2 heterocycles. The number of nitrogens with zero attached hydrogens (tertiary/aromatic N) is 2. The fraction of sp³-hybridized carbons (Fsp3) is 0.440. The molecular formula is C25H30N2O4. The Kier molecular flexibility index (Phi) is 6.44. The Hall–Kier alpha value is -3.02. The van der Waals surface area contributed by atoms with Gasteiger partial charge in [-0.3, -0.25) is 9.59 Å². The summed E-state index contributed by atoms with van der Waals surface area (Å²) in [5, 5.41) is 0. The molecule has 0 aromatic heterocycles. The van der Waals surface area contributed by atoms with Crippen LogP contribution in [0.4, 0.5) is 0 Å². The number of hydrogen-bond donors (Lipinski definition) is 0. The summed E-state index contributed by atoms with van der Waals surface area (Å²) < 4.78 is 10.6. The molecule has 2 aliphatic heterocycles. The van der Waals surface area contributed by atoms with Crippen molar-refractivity contribution in [1.82, 2.24) is 9.80 Å².